The molecule has 5 nitrogen and oxygen atoms in total. The lowest BCUT2D eigenvalue weighted by atomic mass is 10.1. The summed E-state index contributed by atoms with van der Waals surface area (Å²) in [6.07, 6.45) is 0.714. The molecule has 0 unspecified atom stereocenters. The second-order valence-electron chi connectivity index (χ2n) is 4.91. The summed E-state index contributed by atoms with van der Waals surface area (Å²) in [5, 5.41) is 11.5. The van der Waals surface area contributed by atoms with E-state index in [9.17, 15) is 9.59 Å². The third-order valence-electron chi connectivity index (χ3n) is 2.44. The number of aromatic nitrogens is 1. The van der Waals surface area contributed by atoms with Gasteiger partial charge < -0.3 is 15.4 Å². The molecule has 0 bridgehead atoms. The second-order valence-corrected chi connectivity index (χ2v) is 4.91. The van der Waals surface area contributed by atoms with Gasteiger partial charge in [0, 0.05) is 23.4 Å². The summed E-state index contributed by atoms with van der Waals surface area (Å²) in [5.74, 6) is 0.0583. The fraction of sp³-hybridized carbons (Fsp3) is 0.538. The van der Waals surface area contributed by atoms with Crippen LogP contribution in [0.15, 0.2) is 16.9 Å². The van der Waals surface area contributed by atoms with E-state index in [0.717, 1.165) is 5.69 Å². The van der Waals surface area contributed by atoms with Crippen molar-refractivity contribution in [1.82, 2.24) is 10.3 Å². The number of nitrogens with one attached hydrogen (secondary N) is 2. The molecule has 1 atom stereocenters. The van der Waals surface area contributed by atoms with Crippen LogP contribution in [0, 0.1) is 5.92 Å². The predicted molar refractivity (Wildman–Crippen MR) is 69.6 cm³/mol. The van der Waals surface area contributed by atoms with Crippen LogP contribution in [-0.4, -0.2) is 28.6 Å². The zero-order chi connectivity index (χ0) is 13.7. The number of pyridine rings is 1. The molecule has 3 N–H and O–H groups in total. The van der Waals surface area contributed by atoms with E-state index in [1.165, 1.54) is 6.07 Å². The standard InChI is InChI=1S/C13H20N2O3/c1-8(2)4-11-5-10(6-12(17)15-11)13(18)14-9(3)7-16/h5-6,8-9,16H,4,7H2,1-3H3,(H,14,18)(H,15,17)/t9-/m0/s1. The SMILES string of the molecule is CC(C)Cc1cc(C(=O)N[C@@H](C)CO)cc(=O)[nH]1. The maximum Gasteiger partial charge on any atom is 0.251 e. The molecular formula is C13H20N2O3. The molecule has 0 spiro atoms. The largest absolute Gasteiger partial charge is 0.394 e. The smallest absolute Gasteiger partial charge is 0.251 e. The number of hydrogen-bond acceptors (Lipinski definition) is 3. The highest BCUT2D eigenvalue weighted by Crippen LogP contribution is 2.06. The molecule has 5 heteroatoms. The zero-order valence-corrected chi connectivity index (χ0v) is 11.0. The topological polar surface area (TPSA) is 82.2 Å². The number of aromatic amines is 1. The zero-order valence-electron chi connectivity index (χ0n) is 11.0. The number of carbonyl (C=O) groups excluding carboxylic acids is 1. The molecule has 0 aromatic carbocycles. The lowest BCUT2D eigenvalue weighted by Gasteiger charge is -2.11. The van der Waals surface area contributed by atoms with Crippen molar-refractivity contribution in [2.45, 2.75) is 33.2 Å². The maximum absolute atomic E-state index is 11.8. The van der Waals surface area contributed by atoms with Crippen molar-refractivity contribution in [1.29, 1.82) is 0 Å². The van der Waals surface area contributed by atoms with Crippen LogP contribution < -0.4 is 10.9 Å². The number of hydrogen-bond donors (Lipinski definition) is 3. The summed E-state index contributed by atoms with van der Waals surface area (Å²) in [7, 11) is 0. The van der Waals surface area contributed by atoms with Crippen LogP contribution in [0.1, 0.15) is 36.8 Å². The quantitative estimate of drug-likeness (QED) is 0.721. The van der Waals surface area contributed by atoms with E-state index in [1.807, 2.05) is 13.8 Å². The molecule has 0 aliphatic rings. The average Bonchev–Trinajstić information content (AvgIpc) is 2.26. The van der Waals surface area contributed by atoms with E-state index in [-0.39, 0.29) is 24.1 Å². The Morgan fingerprint density at radius 2 is 2.06 bits per heavy atom. The van der Waals surface area contributed by atoms with Crippen molar-refractivity contribution >= 4 is 5.91 Å². The normalized spacial score (nSPS) is 12.5. The Kier molecular flexibility index (Phi) is 5.09. The molecule has 100 valence electrons. The summed E-state index contributed by atoms with van der Waals surface area (Å²) in [4.78, 5) is 26.0. The van der Waals surface area contributed by atoms with Crippen molar-refractivity contribution in [2.24, 2.45) is 5.92 Å². The van der Waals surface area contributed by atoms with Crippen LogP contribution in [0.5, 0.6) is 0 Å². The van der Waals surface area contributed by atoms with Crippen LogP contribution in [-0.2, 0) is 6.42 Å². The van der Waals surface area contributed by atoms with E-state index in [0.29, 0.717) is 17.9 Å². The molecule has 1 aromatic heterocycles. The Labute approximate surface area is 106 Å². The van der Waals surface area contributed by atoms with Gasteiger partial charge in [0.25, 0.3) is 5.91 Å². The van der Waals surface area contributed by atoms with Gasteiger partial charge in [-0.3, -0.25) is 9.59 Å². The first-order valence-electron chi connectivity index (χ1n) is 6.07. The Morgan fingerprint density at radius 1 is 1.39 bits per heavy atom. The number of rotatable bonds is 5. The molecule has 1 heterocycles. The number of amides is 1. The lowest BCUT2D eigenvalue weighted by Crippen LogP contribution is -2.35. The summed E-state index contributed by atoms with van der Waals surface area (Å²) in [6.45, 7) is 5.64. The maximum atomic E-state index is 11.8. The van der Waals surface area contributed by atoms with E-state index in [2.05, 4.69) is 10.3 Å². The first-order chi connectivity index (χ1) is 8.42. The van der Waals surface area contributed by atoms with Crippen molar-refractivity contribution in [2.75, 3.05) is 6.61 Å². The molecule has 0 aliphatic carbocycles. The Hall–Kier alpha value is -1.62. The molecule has 1 aromatic rings. The number of H-pyrrole nitrogens is 1. The van der Waals surface area contributed by atoms with Gasteiger partial charge in [-0.2, -0.15) is 0 Å². The van der Waals surface area contributed by atoms with E-state index in [4.69, 9.17) is 5.11 Å². The first-order valence-corrected chi connectivity index (χ1v) is 6.07. The van der Waals surface area contributed by atoms with Crippen LogP contribution in [0.3, 0.4) is 0 Å². The minimum absolute atomic E-state index is 0.131. The summed E-state index contributed by atoms with van der Waals surface area (Å²) >= 11 is 0. The fourth-order valence-electron chi connectivity index (χ4n) is 1.63. The van der Waals surface area contributed by atoms with Crippen LogP contribution in [0.2, 0.25) is 0 Å². The highest BCUT2D eigenvalue weighted by atomic mass is 16.3. The van der Waals surface area contributed by atoms with Gasteiger partial charge in [0.1, 0.15) is 0 Å². The number of aliphatic hydroxyl groups is 1. The van der Waals surface area contributed by atoms with Gasteiger partial charge in [0.2, 0.25) is 5.56 Å². The van der Waals surface area contributed by atoms with Gasteiger partial charge >= 0.3 is 0 Å². The number of aliphatic hydroxyl groups excluding tert-OH is 1. The predicted octanol–water partition coefficient (Wildman–Crippen LogP) is 0.684. The second kappa shape index (κ2) is 6.35. The minimum atomic E-state index is -0.340. The highest BCUT2D eigenvalue weighted by molar-refractivity contribution is 5.94. The molecule has 1 rings (SSSR count). The van der Waals surface area contributed by atoms with Crippen molar-refractivity contribution < 1.29 is 9.90 Å². The Balaban J connectivity index is 2.92. The lowest BCUT2D eigenvalue weighted by molar-refractivity contribution is 0.0922. The molecular weight excluding hydrogens is 232 g/mol. The Bertz CT molecular complexity index is 466. The fourth-order valence-corrected chi connectivity index (χ4v) is 1.63. The van der Waals surface area contributed by atoms with Gasteiger partial charge in [0.05, 0.1) is 6.61 Å². The van der Waals surface area contributed by atoms with Crippen LogP contribution in [0.25, 0.3) is 0 Å². The van der Waals surface area contributed by atoms with Gasteiger partial charge in [-0.1, -0.05) is 13.8 Å². The van der Waals surface area contributed by atoms with Gasteiger partial charge in [-0.25, -0.2) is 0 Å². The molecule has 1 amide bonds. The molecule has 0 aliphatic heterocycles. The van der Waals surface area contributed by atoms with Gasteiger partial charge in [0.15, 0.2) is 0 Å². The molecule has 0 saturated heterocycles. The van der Waals surface area contributed by atoms with Crippen molar-refractivity contribution in [3.63, 3.8) is 0 Å². The van der Waals surface area contributed by atoms with Crippen molar-refractivity contribution in [3.8, 4) is 0 Å². The van der Waals surface area contributed by atoms with E-state index in [1.54, 1.807) is 13.0 Å². The first kappa shape index (κ1) is 14.4. The molecule has 0 radical (unpaired) electrons. The molecule has 0 fully saturated rings. The summed E-state index contributed by atoms with van der Waals surface area (Å²) < 4.78 is 0. The minimum Gasteiger partial charge on any atom is -0.394 e. The van der Waals surface area contributed by atoms with Gasteiger partial charge in [-0.05, 0) is 25.3 Å². The third kappa shape index (κ3) is 4.33. The average molecular weight is 252 g/mol. The van der Waals surface area contributed by atoms with E-state index < -0.39 is 0 Å². The summed E-state index contributed by atoms with van der Waals surface area (Å²) in [5.41, 5.74) is 0.795. The Morgan fingerprint density at radius 3 is 2.61 bits per heavy atom. The molecule has 0 saturated carbocycles. The third-order valence-corrected chi connectivity index (χ3v) is 2.44. The summed E-state index contributed by atoms with van der Waals surface area (Å²) in [6, 6.07) is 2.62. The van der Waals surface area contributed by atoms with Crippen LogP contribution in [0.4, 0.5) is 0 Å². The number of carbonyl (C=O) groups is 1. The van der Waals surface area contributed by atoms with Crippen molar-refractivity contribution in [3.05, 3.63) is 33.7 Å². The monoisotopic (exact) mass is 252 g/mol. The van der Waals surface area contributed by atoms with Crippen LogP contribution >= 0.6 is 0 Å². The van der Waals surface area contributed by atoms with E-state index >= 15 is 0 Å². The van der Waals surface area contributed by atoms with Gasteiger partial charge in [-0.15, -0.1) is 0 Å². The molecule has 18 heavy (non-hydrogen) atoms. The highest BCUT2D eigenvalue weighted by Gasteiger charge is 2.11.